The van der Waals surface area contributed by atoms with Crippen LogP contribution in [0.2, 0.25) is 0 Å². The number of fused-ring (bicyclic) bond motifs is 2. The van der Waals surface area contributed by atoms with E-state index in [2.05, 4.69) is 15.8 Å². The second kappa shape index (κ2) is 5.74. The Morgan fingerprint density at radius 3 is 2.72 bits per heavy atom. The van der Waals surface area contributed by atoms with Gasteiger partial charge < -0.3 is 0 Å². The van der Waals surface area contributed by atoms with Gasteiger partial charge in [0.2, 0.25) is 10.0 Å². The number of alkyl halides is 1. The summed E-state index contributed by atoms with van der Waals surface area (Å²) in [6.45, 7) is 2.51. The lowest BCUT2D eigenvalue weighted by Gasteiger charge is -2.18. The first kappa shape index (κ1) is 16.9. The van der Waals surface area contributed by atoms with Gasteiger partial charge in [-0.1, -0.05) is 0 Å². The van der Waals surface area contributed by atoms with Crippen molar-refractivity contribution < 1.29 is 12.8 Å². The van der Waals surface area contributed by atoms with Crippen LogP contribution in [0, 0.1) is 0 Å². The van der Waals surface area contributed by atoms with Crippen LogP contribution in [0.4, 0.5) is 4.39 Å². The van der Waals surface area contributed by atoms with Gasteiger partial charge in [0.15, 0.2) is 0 Å². The van der Waals surface area contributed by atoms with E-state index in [1.165, 1.54) is 13.8 Å². The number of hydrogen-bond donors (Lipinski definition) is 1. The van der Waals surface area contributed by atoms with Crippen molar-refractivity contribution in [3.63, 3.8) is 0 Å². The van der Waals surface area contributed by atoms with E-state index in [4.69, 9.17) is 0 Å². The third-order valence-electron chi connectivity index (χ3n) is 5.01. The summed E-state index contributed by atoms with van der Waals surface area (Å²) < 4.78 is 42.4. The lowest BCUT2D eigenvalue weighted by molar-refractivity contribution is 0.221. The molecule has 0 radical (unpaired) electrons. The molecule has 2 aliphatic carbocycles. The molecule has 2 aliphatic rings. The van der Waals surface area contributed by atoms with Crippen LogP contribution in [-0.2, 0) is 22.9 Å². The SMILES string of the molecule is CC(C)(F)CNS(=O)(=O)c1c2c(cc3cnc(C4CC4)cc13)CCC2. The molecule has 2 aromatic rings. The highest BCUT2D eigenvalue weighted by atomic mass is 32.2. The number of halogens is 1. The maximum absolute atomic E-state index is 13.9. The normalized spacial score (nSPS) is 17.9. The monoisotopic (exact) mass is 362 g/mol. The van der Waals surface area contributed by atoms with E-state index < -0.39 is 15.7 Å². The molecule has 1 fully saturated rings. The predicted octanol–water partition coefficient (Wildman–Crippen LogP) is 3.63. The van der Waals surface area contributed by atoms with Crippen LogP contribution in [0.1, 0.15) is 55.8 Å². The summed E-state index contributed by atoms with van der Waals surface area (Å²) in [5.74, 6) is 0.450. The molecule has 4 nitrogen and oxygen atoms in total. The molecule has 1 saturated carbocycles. The summed E-state index contributed by atoms with van der Waals surface area (Å²) in [5, 5.41) is 1.58. The van der Waals surface area contributed by atoms with Gasteiger partial charge in [-0.15, -0.1) is 0 Å². The average Bonchev–Trinajstić information content (AvgIpc) is 3.28. The largest absolute Gasteiger partial charge is 0.260 e. The van der Waals surface area contributed by atoms with Crippen LogP contribution in [0.3, 0.4) is 0 Å². The second-order valence-corrected chi connectivity index (χ2v) is 9.55. The summed E-state index contributed by atoms with van der Waals surface area (Å²) in [6, 6.07) is 4.00. The summed E-state index contributed by atoms with van der Waals surface area (Å²) >= 11 is 0. The number of hydrogen-bond acceptors (Lipinski definition) is 3. The lowest BCUT2D eigenvalue weighted by Crippen LogP contribution is -2.35. The fourth-order valence-corrected chi connectivity index (χ4v) is 5.28. The second-order valence-electron chi connectivity index (χ2n) is 7.84. The minimum atomic E-state index is -3.79. The van der Waals surface area contributed by atoms with Gasteiger partial charge in [0.05, 0.1) is 4.90 Å². The van der Waals surface area contributed by atoms with E-state index >= 15 is 0 Å². The van der Waals surface area contributed by atoms with Crippen molar-refractivity contribution in [2.24, 2.45) is 0 Å². The third-order valence-corrected chi connectivity index (χ3v) is 6.54. The Balaban J connectivity index is 1.89. The number of pyridine rings is 1. The molecule has 0 unspecified atom stereocenters. The summed E-state index contributed by atoms with van der Waals surface area (Å²) in [4.78, 5) is 4.87. The standard InChI is InChI=1S/C19H23FN2O2S/c1-19(2,20)11-22-25(23,24)18-15-5-3-4-13(15)8-14-10-21-17(9-16(14)18)12-6-7-12/h8-10,12,22H,3-7,11H2,1-2H3. The van der Waals surface area contributed by atoms with Gasteiger partial charge in [-0.3, -0.25) is 4.98 Å². The van der Waals surface area contributed by atoms with E-state index in [9.17, 15) is 12.8 Å². The van der Waals surface area contributed by atoms with Crippen LogP contribution in [0.25, 0.3) is 10.8 Å². The van der Waals surface area contributed by atoms with Crippen LogP contribution in [0.15, 0.2) is 23.2 Å². The van der Waals surface area contributed by atoms with Crippen molar-refractivity contribution in [3.05, 3.63) is 35.2 Å². The molecular formula is C19H23FN2O2S. The zero-order valence-corrected chi connectivity index (χ0v) is 15.4. The van der Waals surface area contributed by atoms with E-state index in [1.54, 1.807) is 6.20 Å². The smallest absolute Gasteiger partial charge is 0.241 e. The highest BCUT2D eigenvalue weighted by Crippen LogP contribution is 2.41. The maximum Gasteiger partial charge on any atom is 0.241 e. The molecule has 1 aromatic carbocycles. The topological polar surface area (TPSA) is 59.1 Å². The van der Waals surface area contributed by atoms with Crippen LogP contribution in [0.5, 0.6) is 0 Å². The zero-order valence-electron chi connectivity index (χ0n) is 14.6. The Labute approximate surface area is 147 Å². The third kappa shape index (κ3) is 3.29. The number of rotatable bonds is 5. The number of sulfonamides is 1. The van der Waals surface area contributed by atoms with Gasteiger partial charge in [0, 0.05) is 35.1 Å². The van der Waals surface area contributed by atoms with Gasteiger partial charge in [0.1, 0.15) is 5.67 Å². The van der Waals surface area contributed by atoms with Gasteiger partial charge in [-0.25, -0.2) is 17.5 Å². The first-order valence-electron chi connectivity index (χ1n) is 8.88. The quantitative estimate of drug-likeness (QED) is 0.884. The van der Waals surface area contributed by atoms with Crippen LogP contribution < -0.4 is 4.72 Å². The molecular weight excluding hydrogens is 339 g/mol. The van der Waals surface area contributed by atoms with Crippen LogP contribution >= 0.6 is 0 Å². The fourth-order valence-electron chi connectivity index (χ4n) is 3.58. The predicted molar refractivity (Wildman–Crippen MR) is 96.1 cm³/mol. The molecule has 0 bridgehead atoms. The molecule has 1 heterocycles. The molecule has 0 aliphatic heterocycles. The van der Waals surface area contributed by atoms with Crippen molar-refractivity contribution >= 4 is 20.8 Å². The number of aryl methyl sites for hydroxylation is 1. The Morgan fingerprint density at radius 2 is 2.04 bits per heavy atom. The Kier molecular flexibility index (Phi) is 3.88. The van der Waals surface area contributed by atoms with Gasteiger partial charge in [0.25, 0.3) is 0 Å². The molecule has 4 rings (SSSR count). The molecule has 0 spiro atoms. The minimum Gasteiger partial charge on any atom is -0.260 e. The first-order valence-corrected chi connectivity index (χ1v) is 10.4. The van der Waals surface area contributed by atoms with Crippen molar-refractivity contribution in [2.75, 3.05) is 6.54 Å². The van der Waals surface area contributed by atoms with Crippen molar-refractivity contribution in [1.82, 2.24) is 9.71 Å². The number of aromatic nitrogens is 1. The summed E-state index contributed by atoms with van der Waals surface area (Å²) in [7, 11) is -3.79. The summed E-state index contributed by atoms with van der Waals surface area (Å²) in [5.41, 5.74) is 1.34. The molecule has 0 atom stereocenters. The highest BCUT2D eigenvalue weighted by molar-refractivity contribution is 7.89. The van der Waals surface area contributed by atoms with Gasteiger partial charge in [-0.05, 0) is 69.2 Å². The average molecular weight is 362 g/mol. The Morgan fingerprint density at radius 1 is 1.28 bits per heavy atom. The van der Waals surface area contributed by atoms with Crippen molar-refractivity contribution in [2.45, 2.75) is 62.4 Å². The molecule has 6 heteroatoms. The molecule has 25 heavy (non-hydrogen) atoms. The van der Waals surface area contributed by atoms with Crippen LogP contribution in [-0.4, -0.2) is 25.6 Å². The maximum atomic E-state index is 13.9. The van der Waals surface area contributed by atoms with Gasteiger partial charge >= 0.3 is 0 Å². The lowest BCUT2D eigenvalue weighted by atomic mass is 10.0. The first-order chi connectivity index (χ1) is 11.7. The molecule has 134 valence electrons. The molecule has 1 N–H and O–H groups in total. The molecule has 0 saturated heterocycles. The van der Waals surface area contributed by atoms with E-state index in [-0.39, 0.29) is 6.54 Å². The Bertz CT molecular complexity index is 944. The minimum absolute atomic E-state index is 0.235. The summed E-state index contributed by atoms with van der Waals surface area (Å²) in [6.07, 6.45) is 6.60. The fraction of sp³-hybridized carbons (Fsp3) is 0.526. The molecule has 0 amide bonds. The number of nitrogens with zero attached hydrogens (tertiary/aromatic N) is 1. The van der Waals surface area contributed by atoms with E-state index in [1.807, 2.05) is 6.07 Å². The van der Waals surface area contributed by atoms with Gasteiger partial charge in [-0.2, -0.15) is 0 Å². The van der Waals surface area contributed by atoms with Crippen molar-refractivity contribution in [3.8, 4) is 0 Å². The zero-order chi connectivity index (χ0) is 17.8. The molecule has 1 aromatic heterocycles. The van der Waals surface area contributed by atoms with Crippen molar-refractivity contribution in [1.29, 1.82) is 0 Å². The highest BCUT2D eigenvalue weighted by Gasteiger charge is 2.30. The Hall–Kier alpha value is -1.53. The number of nitrogens with one attached hydrogen (secondary N) is 1. The van der Waals surface area contributed by atoms with E-state index in [0.29, 0.717) is 10.8 Å². The van der Waals surface area contributed by atoms with E-state index in [0.717, 1.165) is 59.7 Å². The number of benzene rings is 1.